The Bertz CT molecular complexity index is 898. The number of hydrogen-bond acceptors (Lipinski definition) is 5. The lowest BCUT2D eigenvalue weighted by Crippen LogP contribution is -2.33. The van der Waals surface area contributed by atoms with Gasteiger partial charge in [0.25, 0.3) is 5.91 Å². The van der Waals surface area contributed by atoms with Crippen LogP contribution in [0.1, 0.15) is 43.0 Å². The number of nitrogens with one attached hydrogen (secondary N) is 1. The van der Waals surface area contributed by atoms with Gasteiger partial charge in [0, 0.05) is 18.8 Å². The van der Waals surface area contributed by atoms with E-state index < -0.39 is 17.5 Å². The van der Waals surface area contributed by atoms with Gasteiger partial charge in [-0.2, -0.15) is 0 Å². The van der Waals surface area contributed by atoms with Gasteiger partial charge >= 0.3 is 5.97 Å². The van der Waals surface area contributed by atoms with Crippen molar-refractivity contribution in [2.24, 2.45) is 11.8 Å². The largest absolute Gasteiger partial charge is 0.466 e. The SMILES string of the molecule is CCOC(=O)[C@H]1CC[C@H](CNC(=O)c2cccnc2Oc2ccc(F)cc2F)CC1. The predicted molar refractivity (Wildman–Crippen MR) is 105 cm³/mol. The summed E-state index contributed by atoms with van der Waals surface area (Å²) in [5.74, 6) is -2.25. The number of halogens is 2. The second kappa shape index (κ2) is 10.1. The number of nitrogens with zero attached hydrogens (tertiary/aromatic N) is 1. The predicted octanol–water partition coefficient (Wildman–Crippen LogP) is 4.25. The lowest BCUT2D eigenvalue weighted by Gasteiger charge is -2.27. The highest BCUT2D eigenvalue weighted by Crippen LogP contribution is 2.30. The average Bonchev–Trinajstić information content (AvgIpc) is 2.75. The van der Waals surface area contributed by atoms with Crippen LogP contribution in [0.3, 0.4) is 0 Å². The fraction of sp³-hybridized carbons (Fsp3) is 0.409. The van der Waals surface area contributed by atoms with Gasteiger partial charge in [-0.15, -0.1) is 0 Å². The Balaban J connectivity index is 1.57. The summed E-state index contributed by atoms with van der Waals surface area (Å²) in [5, 5.41) is 2.86. The van der Waals surface area contributed by atoms with Crippen molar-refractivity contribution in [3.05, 3.63) is 53.7 Å². The van der Waals surface area contributed by atoms with Crippen molar-refractivity contribution in [3.63, 3.8) is 0 Å². The first kappa shape index (κ1) is 21.7. The molecule has 0 spiro atoms. The molecule has 1 aliphatic rings. The number of esters is 1. The van der Waals surface area contributed by atoms with Crippen molar-refractivity contribution in [2.75, 3.05) is 13.2 Å². The van der Waals surface area contributed by atoms with Gasteiger partial charge in [0.2, 0.25) is 5.88 Å². The summed E-state index contributed by atoms with van der Waals surface area (Å²) in [5.41, 5.74) is 0.154. The smallest absolute Gasteiger partial charge is 0.308 e. The number of ether oxygens (including phenoxy) is 2. The van der Waals surface area contributed by atoms with E-state index in [0.717, 1.165) is 37.8 Å². The molecule has 3 rings (SSSR count). The summed E-state index contributed by atoms with van der Waals surface area (Å²) >= 11 is 0. The van der Waals surface area contributed by atoms with Crippen LogP contribution >= 0.6 is 0 Å². The molecular formula is C22H24F2N2O4. The number of aromatic nitrogens is 1. The van der Waals surface area contributed by atoms with E-state index in [1.54, 1.807) is 13.0 Å². The van der Waals surface area contributed by atoms with Crippen LogP contribution < -0.4 is 10.1 Å². The maximum Gasteiger partial charge on any atom is 0.308 e. The molecule has 0 saturated heterocycles. The zero-order chi connectivity index (χ0) is 21.5. The molecule has 0 radical (unpaired) electrons. The van der Waals surface area contributed by atoms with Gasteiger partial charge < -0.3 is 14.8 Å². The highest BCUT2D eigenvalue weighted by Gasteiger charge is 2.27. The molecule has 8 heteroatoms. The summed E-state index contributed by atoms with van der Waals surface area (Å²) in [6.07, 6.45) is 4.54. The molecule has 1 N–H and O–H groups in total. The summed E-state index contributed by atoms with van der Waals surface area (Å²) in [7, 11) is 0. The molecule has 1 aromatic carbocycles. The van der Waals surface area contributed by atoms with E-state index in [1.165, 1.54) is 12.3 Å². The van der Waals surface area contributed by atoms with E-state index in [4.69, 9.17) is 9.47 Å². The van der Waals surface area contributed by atoms with Crippen LogP contribution in [0.25, 0.3) is 0 Å². The topological polar surface area (TPSA) is 77.5 Å². The summed E-state index contributed by atoms with van der Waals surface area (Å²) in [6.45, 7) is 2.62. The molecule has 2 aromatic rings. The van der Waals surface area contributed by atoms with Crippen LogP contribution in [0.4, 0.5) is 8.78 Å². The molecule has 0 bridgehead atoms. The number of carbonyl (C=O) groups excluding carboxylic acids is 2. The molecule has 1 fully saturated rings. The van der Waals surface area contributed by atoms with Gasteiger partial charge in [0.15, 0.2) is 11.6 Å². The van der Waals surface area contributed by atoms with Crippen LogP contribution in [0.2, 0.25) is 0 Å². The van der Waals surface area contributed by atoms with Crippen LogP contribution in [-0.2, 0) is 9.53 Å². The highest BCUT2D eigenvalue weighted by molar-refractivity contribution is 5.96. The Morgan fingerprint density at radius 3 is 2.63 bits per heavy atom. The molecule has 1 amide bonds. The van der Waals surface area contributed by atoms with E-state index in [0.29, 0.717) is 19.2 Å². The van der Waals surface area contributed by atoms with E-state index in [2.05, 4.69) is 10.3 Å². The average molecular weight is 418 g/mol. The third kappa shape index (κ3) is 5.52. The molecule has 0 atom stereocenters. The fourth-order valence-electron chi connectivity index (χ4n) is 3.50. The van der Waals surface area contributed by atoms with Crippen molar-refractivity contribution >= 4 is 11.9 Å². The van der Waals surface area contributed by atoms with Crippen molar-refractivity contribution in [2.45, 2.75) is 32.6 Å². The van der Waals surface area contributed by atoms with Gasteiger partial charge in [-0.3, -0.25) is 9.59 Å². The Morgan fingerprint density at radius 1 is 1.17 bits per heavy atom. The van der Waals surface area contributed by atoms with E-state index in [9.17, 15) is 18.4 Å². The summed E-state index contributed by atoms with van der Waals surface area (Å²) in [6, 6.07) is 6.01. The molecule has 1 aliphatic carbocycles. The van der Waals surface area contributed by atoms with E-state index in [-0.39, 0.29) is 35.0 Å². The molecular weight excluding hydrogens is 394 g/mol. The number of benzene rings is 1. The first-order chi connectivity index (χ1) is 14.5. The second-order valence-electron chi connectivity index (χ2n) is 7.21. The van der Waals surface area contributed by atoms with Gasteiger partial charge in [0.1, 0.15) is 11.4 Å². The van der Waals surface area contributed by atoms with Crippen LogP contribution in [0, 0.1) is 23.5 Å². The third-order valence-corrected chi connectivity index (χ3v) is 5.13. The molecule has 160 valence electrons. The van der Waals surface area contributed by atoms with Gasteiger partial charge in [-0.1, -0.05) is 0 Å². The maximum absolute atomic E-state index is 13.9. The first-order valence-corrected chi connectivity index (χ1v) is 10.0. The maximum atomic E-state index is 13.9. The van der Waals surface area contributed by atoms with Crippen molar-refractivity contribution in [3.8, 4) is 11.6 Å². The number of rotatable bonds is 7. The normalized spacial score (nSPS) is 18.5. The minimum Gasteiger partial charge on any atom is -0.466 e. The Morgan fingerprint density at radius 2 is 1.93 bits per heavy atom. The van der Waals surface area contributed by atoms with E-state index >= 15 is 0 Å². The second-order valence-corrected chi connectivity index (χ2v) is 7.21. The number of pyridine rings is 1. The zero-order valence-corrected chi connectivity index (χ0v) is 16.7. The lowest BCUT2D eigenvalue weighted by atomic mass is 9.82. The van der Waals surface area contributed by atoms with Crippen LogP contribution in [-0.4, -0.2) is 30.0 Å². The Kier molecular flexibility index (Phi) is 7.32. The van der Waals surface area contributed by atoms with Gasteiger partial charge in [-0.05, 0) is 62.8 Å². The molecule has 0 unspecified atom stereocenters. The molecule has 6 nitrogen and oxygen atoms in total. The number of amides is 1. The van der Waals surface area contributed by atoms with Crippen molar-refractivity contribution in [1.29, 1.82) is 0 Å². The molecule has 0 aliphatic heterocycles. The molecule has 1 heterocycles. The van der Waals surface area contributed by atoms with Crippen molar-refractivity contribution < 1.29 is 27.8 Å². The minimum absolute atomic E-state index is 0.0634. The monoisotopic (exact) mass is 418 g/mol. The van der Waals surface area contributed by atoms with Gasteiger partial charge in [0.05, 0.1) is 12.5 Å². The quantitative estimate of drug-likeness (QED) is 0.680. The summed E-state index contributed by atoms with van der Waals surface area (Å²) in [4.78, 5) is 28.5. The van der Waals surface area contributed by atoms with Gasteiger partial charge in [-0.25, -0.2) is 13.8 Å². The molecule has 30 heavy (non-hydrogen) atoms. The van der Waals surface area contributed by atoms with Crippen molar-refractivity contribution in [1.82, 2.24) is 10.3 Å². The zero-order valence-electron chi connectivity index (χ0n) is 16.7. The number of hydrogen-bond donors (Lipinski definition) is 1. The molecule has 1 aromatic heterocycles. The van der Waals surface area contributed by atoms with Crippen LogP contribution in [0.15, 0.2) is 36.5 Å². The van der Waals surface area contributed by atoms with Crippen LogP contribution in [0.5, 0.6) is 11.6 Å². The summed E-state index contributed by atoms with van der Waals surface area (Å²) < 4.78 is 37.4. The lowest BCUT2D eigenvalue weighted by molar-refractivity contribution is -0.149. The standard InChI is InChI=1S/C22H24F2N2O4/c1-2-29-22(28)15-7-5-14(6-8-15)13-26-20(27)17-4-3-11-25-21(17)30-19-10-9-16(23)12-18(19)24/h3-4,9-12,14-15H,2,5-8,13H2,1H3,(H,26,27)/t14-,15-. The van der Waals surface area contributed by atoms with E-state index in [1.807, 2.05) is 0 Å². The highest BCUT2D eigenvalue weighted by atomic mass is 19.1. The fourth-order valence-corrected chi connectivity index (χ4v) is 3.50. The Labute approximate surface area is 173 Å². The first-order valence-electron chi connectivity index (χ1n) is 10.0. The molecule has 1 saturated carbocycles. The third-order valence-electron chi connectivity index (χ3n) is 5.13. The minimum atomic E-state index is -0.884. The Hall–Kier alpha value is -3.03. The number of carbonyl (C=O) groups is 2.